The molecule has 3 aliphatic rings. The molecule has 1 saturated carbocycles. The van der Waals surface area contributed by atoms with E-state index in [0.717, 1.165) is 24.8 Å². The second-order valence-corrected chi connectivity index (χ2v) is 9.09. The van der Waals surface area contributed by atoms with E-state index in [1.807, 2.05) is 29.2 Å². The average molecular weight is 394 g/mol. The van der Waals surface area contributed by atoms with E-state index in [0.29, 0.717) is 44.0 Å². The molecule has 0 aromatic heterocycles. The smallest absolute Gasteiger partial charge is 0.233 e. The van der Waals surface area contributed by atoms with Gasteiger partial charge in [-0.15, -0.1) is 0 Å². The van der Waals surface area contributed by atoms with E-state index in [2.05, 4.69) is 0 Å². The van der Waals surface area contributed by atoms with Gasteiger partial charge in [0.2, 0.25) is 5.91 Å². The van der Waals surface area contributed by atoms with Gasteiger partial charge in [0.05, 0.1) is 17.6 Å². The Balaban J connectivity index is 1.49. The number of aliphatic hydroxyl groups excluding tert-OH is 1. The monoisotopic (exact) mass is 393 g/mol. The molecule has 6 heteroatoms. The zero-order valence-corrected chi connectivity index (χ0v) is 16.5. The highest BCUT2D eigenvalue weighted by molar-refractivity contribution is 6.30. The molecule has 2 heterocycles. The van der Waals surface area contributed by atoms with Crippen molar-refractivity contribution >= 4 is 17.5 Å². The van der Waals surface area contributed by atoms with Gasteiger partial charge in [-0.1, -0.05) is 30.2 Å². The van der Waals surface area contributed by atoms with Crippen molar-refractivity contribution in [2.24, 2.45) is 0 Å². The van der Waals surface area contributed by atoms with Crippen molar-refractivity contribution in [3.63, 3.8) is 0 Å². The topological polar surface area (TPSA) is 70.0 Å². The Bertz CT molecular complexity index is 705. The third-order valence-electron chi connectivity index (χ3n) is 7.00. The van der Waals surface area contributed by atoms with Gasteiger partial charge in [-0.3, -0.25) is 4.79 Å². The third-order valence-corrected chi connectivity index (χ3v) is 7.25. The fourth-order valence-electron chi connectivity index (χ4n) is 4.98. The zero-order valence-electron chi connectivity index (χ0n) is 15.8. The molecule has 27 heavy (non-hydrogen) atoms. The Morgan fingerprint density at radius 3 is 2.33 bits per heavy atom. The first-order chi connectivity index (χ1) is 12.8. The number of nitrogens with zero attached hydrogens (tertiary/aromatic N) is 1. The largest absolute Gasteiger partial charge is 0.387 e. The minimum absolute atomic E-state index is 0.169. The third kappa shape index (κ3) is 3.09. The maximum Gasteiger partial charge on any atom is 0.233 e. The molecule has 0 bridgehead atoms. The summed E-state index contributed by atoms with van der Waals surface area (Å²) in [6, 6.07) is 7.64. The van der Waals surface area contributed by atoms with Gasteiger partial charge in [-0.05, 0) is 50.3 Å². The van der Waals surface area contributed by atoms with Crippen LogP contribution in [0.5, 0.6) is 0 Å². The lowest BCUT2D eigenvalue weighted by atomic mass is 9.63. The van der Waals surface area contributed by atoms with Crippen molar-refractivity contribution in [1.29, 1.82) is 0 Å². The van der Waals surface area contributed by atoms with Crippen molar-refractivity contribution < 1.29 is 19.7 Å². The lowest BCUT2D eigenvalue weighted by Gasteiger charge is -2.53. The Hall–Kier alpha value is -1.14. The number of likely N-dealkylation sites (tertiary alicyclic amines) is 1. The minimum Gasteiger partial charge on any atom is -0.387 e. The number of carbonyl (C=O) groups excluding carboxylic acids is 1. The molecular formula is C21H28ClNO4. The number of piperidine rings is 1. The highest BCUT2D eigenvalue weighted by Crippen LogP contribution is 2.47. The van der Waals surface area contributed by atoms with Crippen LogP contribution in [0.4, 0.5) is 0 Å². The van der Waals surface area contributed by atoms with E-state index in [4.69, 9.17) is 16.3 Å². The molecule has 2 aliphatic heterocycles. The second-order valence-electron chi connectivity index (χ2n) is 8.66. The molecule has 5 nitrogen and oxygen atoms in total. The number of rotatable bonds is 2. The van der Waals surface area contributed by atoms with Crippen LogP contribution in [0.15, 0.2) is 24.3 Å². The molecule has 1 aliphatic carbocycles. The molecule has 4 rings (SSSR count). The molecule has 0 radical (unpaired) electrons. The Labute approximate surface area is 165 Å². The summed E-state index contributed by atoms with van der Waals surface area (Å²) in [6.45, 7) is 3.19. The van der Waals surface area contributed by atoms with Crippen molar-refractivity contribution in [1.82, 2.24) is 4.90 Å². The van der Waals surface area contributed by atoms with E-state index in [-0.39, 0.29) is 5.91 Å². The number of ether oxygens (including phenoxy) is 1. The molecule has 0 unspecified atom stereocenters. The molecule has 148 valence electrons. The SMILES string of the molecule is C[C@@]1(O)CCOC2(CCN(C(=O)C3(c4ccc(Cl)cc4)CCC3)CC2)[C@H]1O. The molecule has 1 aromatic rings. The van der Waals surface area contributed by atoms with Gasteiger partial charge in [0, 0.05) is 24.5 Å². The maximum atomic E-state index is 13.4. The summed E-state index contributed by atoms with van der Waals surface area (Å²) in [5.74, 6) is 0.169. The molecule has 1 aromatic carbocycles. The van der Waals surface area contributed by atoms with Crippen LogP contribution in [-0.4, -0.2) is 58.0 Å². The van der Waals surface area contributed by atoms with Gasteiger partial charge in [0.15, 0.2) is 0 Å². The molecule has 2 atom stereocenters. The molecular weight excluding hydrogens is 366 g/mol. The minimum atomic E-state index is -1.14. The van der Waals surface area contributed by atoms with E-state index >= 15 is 0 Å². The molecule has 2 N–H and O–H groups in total. The summed E-state index contributed by atoms with van der Waals surface area (Å²) in [5, 5.41) is 21.8. The summed E-state index contributed by atoms with van der Waals surface area (Å²) >= 11 is 6.02. The van der Waals surface area contributed by atoms with Crippen molar-refractivity contribution in [2.45, 2.75) is 68.2 Å². The van der Waals surface area contributed by atoms with Gasteiger partial charge in [-0.2, -0.15) is 0 Å². The first-order valence-corrected chi connectivity index (χ1v) is 10.3. The maximum absolute atomic E-state index is 13.4. The predicted octanol–water partition coefficient (Wildman–Crippen LogP) is 2.66. The summed E-state index contributed by atoms with van der Waals surface area (Å²) < 4.78 is 5.94. The number of aliphatic hydroxyl groups is 2. The van der Waals surface area contributed by atoms with Crippen LogP contribution >= 0.6 is 11.6 Å². The highest BCUT2D eigenvalue weighted by atomic mass is 35.5. The molecule has 3 fully saturated rings. The standard InChI is InChI=1S/C21H28ClNO4/c1-19(26)11-14-27-21(17(19)24)9-12-23(13-10-21)18(25)20(7-2-8-20)15-3-5-16(22)6-4-15/h3-6,17,24,26H,2,7-14H2,1H3/t17-,19+/m0/s1. The summed E-state index contributed by atoms with van der Waals surface area (Å²) in [5.41, 5.74) is -1.28. The number of hydrogen-bond acceptors (Lipinski definition) is 4. The molecule has 1 spiro atoms. The highest BCUT2D eigenvalue weighted by Gasteiger charge is 2.54. The second kappa shape index (κ2) is 6.73. The van der Waals surface area contributed by atoms with E-state index in [1.54, 1.807) is 6.92 Å². The van der Waals surface area contributed by atoms with Crippen molar-refractivity contribution in [3.05, 3.63) is 34.9 Å². The van der Waals surface area contributed by atoms with Crippen LogP contribution in [-0.2, 0) is 14.9 Å². The Morgan fingerprint density at radius 1 is 1.15 bits per heavy atom. The molecule has 1 amide bonds. The zero-order chi connectivity index (χ0) is 19.3. The van der Waals surface area contributed by atoms with Gasteiger partial charge in [0.25, 0.3) is 0 Å². The average Bonchev–Trinajstić information content (AvgIpc) is 2.61. The van der Waals surface area contributed by atoms with Gasteiger partial charge < -0.3 is 19.8 Å². The van der Waals surface area contributed by atoms with Crippen LogP contribution in [0.3, 0.4) is 0 Å². The first kappa shape index (κ1) is 19.2. The van der Waals surface area contributed by atoms with Crippen LogP contribution in [0.25, 0.3) is 0 Å². The van der Waals surface area contributed by atoms with Crippen molar-refractivity contribution in [3.8, 4) is 0 Å². The van der Waals surface area contributed by atoms with E-state index in [1.165, 1.54) is 0 Å². The summed E-state index contributed by atoms with van der Waals surface area (Å²) in [4.78, 5) is 15.3. The van der Waals surface area contributed by atoms with Crippen molar-refractivity contribution in [2.75, 3.05) is 19.7 Å². The lowest BCUT2D eigenvalue weighted by molar-refractivity contribution is -0.246. The summed E-state index contributed by atoms with van der Waals surface area (Å²) in [6.07, 6.45) is 3.38. The van der Waals surface area contributed by atoms with Crippen LogP contribution < -0.4 is 0 Å². The fraction of sp³-hybridized carbons (Fsp3) is 0.667. The normalized spacial score (nSPS) is 32.1. The lowest BCUT2D eigenvalue weighted by Crippen LogP contribution is -2.65. The number of benzene rings is 1. The van der Waals surface area contributed by atoms with Gasteiger partial charge in [-0.25, -0.2) is 0 Å². The number of halogens is 1. The van der Waals surface area contributed by atoms with Gasteiger partial charge >= 0.3 is 0 Å². The Kier molecular flexibility index (Phi) is 4.78. The fourth-order valence-corrected chi connectivity index (χ4v) is 5.10. The quantitative estimate of drug-likeness (QED) is 0.810. The number of amides is 1. The van der Waals surface area contributed by atoms with E-state index < -0.39 is 22.7 Å². The number of carbonyl (C=O) groups is 1. The van der Waals surface area contributed by atoms with Crippen LogP contribution in [0, 0.1) is 0 Å². The van der Waals surface area contributed by atoms with Gasteiger partial charge in [0.1, 0.15) is 11.7 Å². The first-order valence-electron chi connectivity index (χ1n) is 9.89. The molecule has 2 saturated heterocycles. The number of hydrogen-bond donors (Lipinski definition) is 2. The van der Waals surface area contributed by atoms with Crippen LogP contribution in [0.2, 0.25) is 5.02 Å². The predicted molar refractivity (Wildman–Crippen MR) is 103 cm³/mol. The summed E-state index contributed by atoms with van der Waals surface area (Å²) in [7, 11) is 0. The van der Waals surface area contributed by atoms with Crippen LogP contribution in [0.1, 0.15) is 51.0 Å². The van der Waals surface area contributed by atoms with E-state index in [9.17, 15) is 15.0 Å². The Morgan fingerprint density at radius 2 is 1.78 bits per heavy atom.